The van der Waals surface area contributed by atoms with Gasteiger partial charge in [0.05, 0.1) is 30.3 Å². The predicted molar refractivity (Wildman–Crippen MR) is 131 cm³/mol. The number of likely N-dealkylation sites (tertiary alicyclic amines) is 1. The zero-order valence-corrected chi connectivity index (χ0v) is 22.5. The second-order valence-corrected chi connectivity index (χ2v) is 17.2. The average Bonchev–Trinajstić information content (AvgIpc) is 3.10. The number of benzene rings is 1. The standard InChI is InChI=1S/C24H41NO5SSi/c1-18(2)32(19(3)4,20(5)6)30-23-13-15-25(16-14-24(26)29-7)22(23)17-31(27,28)21-11-9-8-10-12-21/h8-12,18-20,22-23H,13-17H2,1-7H3/t22-,23+/m0/s1. The van der Waals surface area contributed by atoms with Crippen LogP contribution in [0.1, 0.15) is 54.4 Å². The number of nitrogens with zero attached hydrogens (tertiary/aromatic N) is 1. The van der Waals surface area contributed by atoms with Gasteiger partial charge in [0, 0.05) is 19.1 Å². The summed E-state index contributed by atoms with van der Waals surface area (Å²) in [6, 6.07) is 8.32. The molecule has 1 aromatic rings. The second-order valence-electron chi connectivity index (χ2n) is 9.79. The molecule has 0 bridgehead atoms. The Morgan fingerprint density at radius 1 is 1.06 bits per heavy atom. The maximum atomic E-state index is 13.3. The van der Waals surface area contributed by atoms with Crippen LogP contribution in [0.15, 0.2) is 35.2 Å². The lowest BCUT2D eigenvalue weighted by molar-refractivity contribution is -0.141. The highest BCUT2D eigenvalue weighted by atomic mass is 32.2. The summed E-state index contributed by atoms with van der Waals surface area (Å²) in [5, 5.41) is 0. The summed E-state index contributed by atoms with van der Waals surface area (Å²) < 4.78 is 38.4. The number of methoxy groups -OCH3 is 1. The third kappa shape index (κ3) is 6.01. The van der Waals surface area contributed by atoms with Gasteiger partial charge in [-0.3, -0.25) is 9.69 Å². The lowest BCUT2D eigenvalue weighted by Gasteiger charge is -2.45. The summed E-state index contributed by atoms with van der Waals surface area (Å²) >= 11 is 0. The maximum absolute atomic E-state index is 13.3. The molecule has 0 amide bonds. The number of carbonyl (C=O) groups is 1. The molecule has 6 nitrogen and oxygen atoms in total. The molecule has 32 heavy (non-hydrogen) atoms. The summed E-state index contributed by atoms with van der Waals surface area (Å²) in [6.45, 7) is 14.6. The lowest BCUT2D eigenvalue weighted by atomic mass is 10.2. The topological polar surface area (TPSA) is 72.9 Å². The van der Waals surface area contributed by atoms with Crippen molar-refractivity contribution < 1.29 is 22.4 Å². The normalized spacial score (nSPS) is 20.4. The van der Waals surface area contributed by atoms with Crippen LogP contribution >= 0.6 is 0 Å². The zero-order valence-electron chi connectivity index (χ0n) is 20.7. The van der Waals surface area contributed by atoms with Gasteiger partial charge in [0.15, 0.2) is 9.84 Å². The molecule has 2 atom stereocenters. The fourth-order valence-electron chi connectivity index (χ4n) is 5.47. The number of rotatable bonds is 11. The van der Waals surface area contributed by atoms with Crippen LogP contribution < -0.4 is 0 Å². The van der Waals surface area contributed by atoms with Gasteiger partial charge in [-0.25, -0.2) is 8.42 Å². The van der Waals surface area contributed by atoms with E-state index in [4.69, 9.17) is 9.16 Å². The summed E-state index contributed by atoms with van der Waals surface area (Å²) in [7, 11) is -4.30. The van der Waals surface area contributed by atoms with Gasteiger partial charge < -0.3 is 9.16 Å². The highest BCUT2D eigenvalue weighted by Gasteiger charge is 2.50. The van der Waals surface area contributed by atoms with E-state index in [9.17, 15) is 13.2 Å². The Labute approximate surface area is 195 Å². The number of esters is 1. The van der Waals surface area contributed by atoms with E-state index >= 15 is 0 Å². The Kier molecular flexibility index (Phi) is 9.52. The van der Waals surface area contributed by atoms with Crippen LogP contribution in [0, 0.1) is 0 Å². The molecule has 1 saturated heterocycles. The smallest absolute Gasteiger partial charge is 0.306 e. The lowest BCUT2D eigenvalue weighted by Crippen LogP contribution is -2.53. The predicted octanol–water partition coefficient (Wildman–Crippen LogP) is 4.66. The van der Waals surface area contributed by atoms with Crippen molar-refractivity contribution in [1.82, 2.24) is 4.90 Å². The number of carbonyl (C=O) groups excluding carboxylic acids is 1. The number of hydrogen-bond acceptors (Lipinski definition) is 6. The van der Waals surface area contributed by atoms with Gasteiger partial charge in [-0.2, -0.15) is 0 Å². The van der Waals surface area contributed by atoms with Crippen LogP contribution in [-0.2, 0) is 23.8 Å². The van der Waals surface area contributed by atoms with Crippen LogP contribution in [-0.4, -0.2) is 65.7 Å². The van der Waals surface area contributed by atoms with Crippen molar-refractivity contribution in [3.8, 4) is 0 Å². The van der Waals surface area contributed by atoms with Crippen molar-refractivity contribution in [3.63, 3.8) is 0 Å². The van der Waals surface area contributed by atoms with E-state index < -0.39 is 18.2 Å². The Morgan fingerprint density at radius 3 is 2.12 bits per heavy atom. The second kappa shape index (κ2) is 11.3. The molecule has 0 aromatic heterocycles. The van der Waals surface area contributed by atoms with E-state index in [0.717, 1.165) is 13.0 Å². The van der Waals surface area contributed by atoms with E-state index in [2.05, 4.69) is 46.4 Å². The summed E-state index contributed by atoms with van der Waals surface area (Å²) in [5.74, 6) is -0.295. The van der Waals surface area contributed by atoms with E-state index in [1.807, 2.05) is 6.07 Å². The van der Waals surface area contributed by atoms with Gasteiger partial charge in [0.2, 0.25) is 8.32 Å². The van der Waals surface area contributed by atoms with E-state index in [1.165, 1.54) is 7.11 Å². The maximum Gasteiger partial charge on any atom is 0.306 e. The molecule has 0 radical (unpaired) electrons. The van der Waals surface area contributed by atoms with Crippen LogP contribution in [0.5, 0.6) is 0 Å². The molecule has 182 valence electrons. The number of sulfone groups is 1. The Hall–Kier alpha value is -1.22. The molecule has 1 heterocycles. The van der Waals surface area contributed by atoms with Gasteiger partial charge >= 0.3 is 5.97 Å². The Balaban J connectivity index is 2.36. The molecule has 0 aliphatic carbocycles. The third-order valence-corrected chi connectivity index (χ3v) is 14.9. The molecule has 0 saturated carbocycles. The highest BCUT2D eigenvalue weighted by molar-refractivity contribution is 7.91. The first-order valence-corrected chi connectivity index (χ1v) is 15.5. The minimum atomic E-state index is -3.49. The largest absolute Gasteiger partial charge is 0.469 e. The molecule has 1 aliphatic rings. The molecular formula is C24H41NO5SSi. The fraction of sp³-hybridized carbons (Fsp3) is 0.708. The van der Waals surface area contributed by atoms with E-state index in [0.29, 0.717) is 28.1 Å². The van der Waals surface area contributed by atoms with Crippen LogP contribution in [0.3, 0.4) is 0 Å². The van der Waals surface area contributed by atoms with Gasteiger partial charge in [-0.1, -0.05) is 59.7 Å². The minimum absolute atomic E-state index is 0.0123. The monoisotopic (exact) mass is 483 g/mol. The number of hydrogen-bond donors (Lipinski definition) is 0. The number of ether oxygens (including phenoxy) is 1. The van der Waals surface area contributed by atoms with E-state index in [1.54, 1.807) is 24.3 Å². The highest BCUT2D eigenvalue weighted by Crippen LogP contribution is 2.44. The van der Waals surface area contributed by atoms with Gasteiger partial charge in [0.1, 0.15) is 0 Å². The van der Waals surface area contributed by atoms with Gasteiger partial charge in [-0.05, 0) is 35.2 Å². The van der Waals surface area contributed by atoms with Crippen molar-refractivity contribution in [1.29, 1.82) is 0 Å². The summed E-state index contributed by atoms with van der Waals surface area (Å²) in [5.41, 5.74) is 1.24. The molecule has 2 rings (SSSR count). The first-order chi connectivity index (χ1) is 15.0. The molecule has 0 unspecified atom stereocenters. The van der Waals surface area contributed by atoms with E-state index in [-0.39, 0.29) is 30.3 Å². The van der Waals surface area contributed by atoms with Crippen molar-refractivity contribution in [2.45, 2.75) is 88.0 Å². The van der Waals surface area contributed by atoms with Crippen molar-refractivity contribution >= 4 is 24.1 Å². The van der Waals surface area contributed by atoms with Gasteiger partial charge in [-0.15, -0.1) is 0 Å². The van der Waals surface area contributed by atoms with Crippen molar-refractivity contribution in [2.24, 2.45) is 0 Å². The van der Waals surface area contributed by atoms with Crippen LogP contribution in [0.25, 0.3) is 0 Å². The van der Waals surface area contributed by atoms with Crippen LogP contribution in [0.2, 0.25) is 16.6 Å². The molecule has 0 spiro atoms. The molecular weight excluding hydrogens is 442 g/mol. The minimum Gasteiger partial charge on any atom is -0.469 e. The third-order valence-electron chi connectivity index (χ3n) is 6.98. The first kappa shape index (κ1) is 27.0. The fourth-order valence-corrected chi connectivity index (χ4v) is 12.7. The molecule has 1 fully saturated rings. The van der Waals surface area contributed by atoms with Gasteiger partial charge in [0.25, 0.3) is 0 Å². The van der Waals surface area contributed by atoms with Crippen LogP contribution in [0.4, 0.5) is 0 Å². The zero-order chi connectivity index (χ0) is 24.1. The first-order valence-electron chi connectivity index (χ1n) is 11.7. The molecule has 0 N–H and O–H groups in total. The quantitative estimate of drug-likeness (QED) is 0.337. The van der Waals surface area contributed by atoms with Crippen molar-refractivity contribution in [2.75, 3.05) is 26.0 Å². The Bertz CT molecular complexity index is 819. The summed E-state index contributed by atoms with van der Waals surface area (Å²) in [4.78, 5) is 14.2. The summed E-state index contributed by atoms with van der Waals surface area (Å²) in [6.07, 6.45) is 0.855. The average molecular weight is 484 g/mol. The molecule has 1 aliphatic heterocycles. The Morgan fingerprint density at radius 2 is 1.62 bits per heavy atom. The molecule has 8 heteroatoms. The SMILES string of the molecule is COC(=O)CCN1CC[C@@H](O[Si](C(C)C)(C(C)C)C(C)C)[C@@H]1CS(=O)(=O)c1ccccc1. The van der Waals surface area contributed by atoms with Crippen molar-refractivity contribution in [3.05, 3.63) is 30.3 Å². The molecule has 1 aromatic carbocycles.